The first kappa shape index (κ1) is 10.2. The van der Waals surface area contributed by atoms with Gasteiger partial charge in [0.05, 0.1) is 11.8 Å². The van der Waals surface area contributed by atoms with Crippen LogP contribution < -0.4 is 5.32 Å². The third kappa shape index (κ3) is 4.05. The molecule has 0 aromatic carbocycles. The quantitative estimate of drug-likeness (QED) is 0.628. The largest absolute Gasteiger partial charge is 0.392 e. The third-order valence-corrected chi connectivity index (χ3v) is 1.77. The van der Waals surface area contributed by atoms with Gasteiger partial charge >= 0.3 is 0 Å². The maximum absolute atomic E-state index is 8.97. The van der Waals surface area contributed by atoms with Gasteiger partial charge in [-0.3, -0.25) is 4.68 Å². The minimum Gasteiger partial charge on any atom is -0.392 e. The van der Waals surface area contributed by atoms with Crippen molar-refractivity contribution in [2.45, 2.75) is 19.4 Å². The van der Waals surface area contributed by atoms with Gasteiger partial charge in [0.2, 0.25) is 0 Å². The molecule has 1 heterocycles. The van der Waals surface area contributed by atoms with Crippen LogP contribution >= 0.6 is 0 Å². The summed E-state index contributed by atoms with van der Waals surface area (Å²) in [6.45, 7) is 3.28. The maximum Gasteiger partial charge on any atom is 0.0637 e. The molecule has 0 saturated carbocycles. The molecule has 0 spiro atoms. The van der Waals surface area contributed by atoms with Crippen molar-refractivity contribution >= 4 is 0 Å². The SMILES string of the molecule is C[C@H](O)CNCCc1ccn(C)n1. The van der Waals surface area contributed by atoms with Gasteiger partial charge in [0.1, 0.15) is 0 Å². The summed E-state index contributed by atoms with van der Waals surface area (Å²) < 4.78 is 1.80. The molecule has 0 aliphatic heterocycles. The smallest absolute Gasteiger partial charge is 0.0637 e. The van der Waals surface area contributed by atoms with Gasteiger partial charge in [0.25, 0.3) is 0 Å². The number of hydrogen-bond acceptors (Lipinski definition) is 3. The van der Waals surface area contributed by atoms with E-state index in [1.165, 1.54) is 0 Å². The first-order valence-electron chi connectivity index (χ1n) is 4.56. The molecular formula is C9H17N3O. The van der Waals surface area contributed by atoms with Crippen LogP contribution in [-0.4, -0.2) is 34.1 Å². The number of nitrogens with one attached hydrogen (secondary N) is 1. The fourth-order valence-electron chi connectivity index (χ4n) is 1.12. The molecule has 0 aliphatic rings. The lowest BCUT2D eigenvalue weighted by Gasteiger charge is -2.04. The fourth-order valence-corrected chi connectivity index (χ4v) is 1.12. The highest BCUT2D eigenvalue weighted by atomic mass is 16.3. The average Bonchev–Trinajstić information content (AvgIpc) is 2.45. The highest BCUT2D eigenvalue weighted by molar-refractivity contribution is 4.98. The van der Waals surface area contributed by atoms with Crippen molar-refractivity contribution in [2.24, 2.45) is 7.05 Å². The molecule has 4 heteroatoms. The number of nitrogens with zero attached hydrogens (tertiary/aromatic N) is 2. The summed E-state index contributed by atoms with van der Waals surface area (Å²) in [5, 5.41) is 16.4. The maximum atomic E-state index is 8.97. The van der Waals surface area contributed by atoms with Crippen molar-refractivity contribution in [3.63, 3.8) is 0 Å². The molecule has 0 radical (unpaired) electrons. The molecule has 1 atom stereocenters. The van der Waals surface area contributed by atoms with Crippen LogP contribution in [0.1, 0.15) is 12.6 Å². The van der Waals surface area contributed by atoms with Gasteiger partial charge in [-0.1, -0.05) is 0 Å². The van der Waals surface area contributed by atoms with Crippen LogP contribution in [0.15, 0.2) is 12.3 Å². The minimum absolute atomic E-state index is 0.274. The summed E-state index contributed by atoms with van der Waals surface area (Å²) in [7, 11) is 1.91. The van der Waals surface area contributed by atoms with Crippen LogP contribution in [0.2, 0.25) is 0 Å². The second kappa shape index (κ2) is 4.99. The normalized spacial score (nSPS) is 13.2. The lowest BCUT2D eigenvalue weighted by atomic mass is 10.3. The van der Waals surface area contributed by atoms with Crippen LogP contribution in [0.4, 0.5) is 0 Å². The van der Waals surface area contributed by atoms with E-state index in [2.05, 4.69) is 10.4 Å². The number of aliphatic hydroxyl groups excluding tert-OH is 1. The zero-order valence-corrected chi connectivity index (χ0v) is 8.20. The molecule has 1 aromatic heterocycles. The number of hydrogen-bond donors (Lipinski definition) is 2. The summed E-state index contributed by atoms with van der Waals surface area (Å²) in [4.78, 5) is 0. The lowest BCUT2D eigenvalue weighted by molar-refractivity contribution is 0.191. The Morgan fingerprint density at radius 1 is 1.69 bits per heavy atom. The monoisotopic (exact) mass is 183 g/mol. The zero-order valence-electron chi connectivity index (χ0n) is 8.20. The molecule has 4 nitrogen and oxygen atoms in total. The van der Waals surface area contributed by atoms with Crippen molar-refractivity contribution < 1.29 is 5.11 Å². The van der Waals surface area contributed by atoms with Crippen LogP contribution in [-0.2, 0) is 13.5 Å². The summed E-state index contributed by atoms with van der Waals surface area (Å²) >= 11 is 0. The predicted molar refractivity (Wildman–Crippen MR) is 51.5 cm³/mol. The van der Waals surface area contributed by atoms with Crippen molar-refractivity contribution in [2.75, 3.05) is 13.1 Å². The molecule has 0 saturated heterocycles. The van der Waals surface area contributed by atoms with Gasteiger partial charge in [-0.2, -0.15) is 5.10 Å². The highest BCUT2D eigenvalue weighted by Gasteiger charge is 1.97. The van der Waals surface area contributed by atoms with Crippen LogP contribution in [0.5, 0.6) is 0 Å². The average molecular weight is 183 g/mol. The first-order valence-corrected chi connectivity index (χ1v) is 4.56. The molecule has 0 amide bonds. The molecular weight excluding hydrogens is 166 g/mol. The van der Waals surface area contributed by atoms with Crippen LogP contribution in [0.3, 0.4) is 0 Å². The van der Waals surface area contributed by atoms with Gasteiger partial charge in [-0.05, 0) is 13.0 Å². The predicted octanol–water partition coefficient (Wildman–Crippen LogP) is -0.0670. The number of aliphatic hydroxyl groups is 1. The summed E-state index contributed by atoms with van der Waals surface area (Å²) in [5.74, 6) is 0. The molecule has 1 rings (SSSR count). The Hall–Kier alpha value is -0.870. The van der Waals surface area contributed by atoms with E-state index in [0.717, 1.165) is 18.7 Å². The Kier molecular flexibility index (Phi) is 3.92. The fraction of sp³-hybridized carbons (Fsp3) is 0.667. The van der Waals surface area contributed by atoms with Gasteiger partial charge < -0.3 is 10.4 Å². The van der Waals surface area contributed by atoms with Gasteiger partial charge in [0, 0.05) is 32.8 Å². The Morgan fingerprint density at radius 3 is 3.00 bits per heavy atom. The first-order chi connectivity index (χ1) is 6.18. The summed E-state index contributed by atoms with van der Waals surface area (Å²) in [6.07, 6.45) is 2.57. The van der Waals surface area contributed by atoms with E-state index < -0.39 is 0 Å². The molecule has 13 heavy (non-hydrogen) atoms. The minimum atomic E-state index is -0.274. The second-order valence-corrected chi connectivity index (χ2v) is 3.28. The van der Waals surface area contributed by atoms with Crippen molar-refractivity contribution in [1.82, 2.24) is 15.1 Å². The molecule has 0 bridgehead atoms. The van der Waals surface area contributed by atoms with Crippen LogP contribution in [0, 0.1) is 0 Å². The van der Waals surface area contributed by atoms with E-state index in [9.17, 15) is 0 Å². The number of aryl methyl sites for hydroxylation is 1. The Balaban J connectivity index is 2.13. The lowest BCUT2D eigenvalue weighted by Crippen LogP contribution is -2.26. The molecule has 0 unspecified atom stereocenters. The Bertz CT molecular complexity index is 245. The molecule has 0 aliphatic carbocycles. The number of aromatic nitrogens is 2. The molecule has 0 fully saturated rings. The standard InChI is InChI=1S/C9H17N3O/c1-8(13)7-10-5-3-9-4-6-12(2)11-9/h4,6,8,10,13H,3,5,7H2,1-2H3/t8-/m0/s1. The van der Waals surface area contributed by atoms with Crippen molar-refractivity contribution in [3.05, 3.63) is 18.0 Å². The van der Waals surface area contributed by atoms with Gasteiger partial charge in [-0.15, -0.1) is 0 Å². The van der Waals surface area contributed by atoms with E-state index in [0.29, 0.717) is 6.54 Å². The Morgan fingerprint density at radius 2 is 2.46 bits per heavy atom. The molecule has 1 aromatic rings. The topological polar surface area (TPSA) is 50.1 Å². The molecule has 74 valence electrons. The van der Waals surface area contributed by atoms with Crippen LogP contribution in [0.25, 0.3) is 0 Å². The summed E-state index contributed by atoms with van der Waals surface area (Å²) in [5.41, 5.74) is 1.08. The van der Waals surface area contributed by atoms with E-state index in [-0.39, 0.29) is 6.10 Å². The van der Waals surface area contributed by atoms with Gasteiger partial charge in [-0.25, -0.2) is 0 Å². The number of rotatable bonds is 5. The summed E-state index contributed by atoms with van der Waals surface area (Å²) in [6, 6.07) is 2.00. The highest BCUT2D eigenvalue weighted by Crippen LogP contribution is 1.93. The van der Waals surface area contributed by atoms with Gasteiger partial charge in [0.15, 0.2) is 0 Å². The molecule has 2 N–H and O–H groups in total. The van der Waals surface area contributed by atoms with E-state index in [1.807, 2.05) is 19.3 Å². The van der Waals surface area contributed by atoms with E-state index >= 15 is 0 Å². The Labute approximate surface area is 78.6 Å². The van der Waals surface area contributed by atoms with Crippen molar-refractivity contribution in [3.8, 4) is 0 Å². The third-order valence-electron chi connectivity index (χ3n) is 1.77. The van der Waals surface area contributed by atoms with E-state index in [1.54, 1.807) is 11.6 Å². The van der Waals surface area contributed by atoms with E-state index in [4.69, 9.17) is 5.11 Å². The zero-order chi connectivity index (χ0) is 9.68. The second-order valence-electron chi connectivity index (χ2n) is 3.28. The van der Waals surface area contributed by atoms with Crippen molar-refractivity contribution in [1.29, 1.82) is 0 Å².